The number of aromatic nitrogens is 2. The highest BCUT2D eigenvalue weighted by molar-refractivity contribution is 5.97. The maximum Gasteiger partial charge on any atom is 0.322 e. The molecule has 0 radical (unpaired) electrons. The summed E-state index contributed by atoms with van der Waals surface area (Å²) in [7, 11) is 4.67. The van der Waals surface area contributed by atoms with Gasteiger partial charge in [-0.15, -0.1) is 0 Å². The van der Waals surface area contributed by atoms with Crippen LogP contribution in [0.2, 0.25) is 0 Å². The fourth-order valence-electron chi connectivity index (χ4n) is 3.91. The fourth-order valence-corrected chi connectivity index (χ4v) is 3.91. The van der Waals surface area contributed by atoms with Gasteiger partial charge in [-0.05, 0) is 25.0 Å². The SMILES string of the molecule is COCCCN(CC(=O)Nc1cc(C(C)(C)C)nn1-c1ccccc1C)C(=O)Nc1cc(OC)cc(OC)c1. The standard InChI is InChI=1S/C29H39N5O5/c1-20-11-8-9-12-24(20)34-26(18-25(32-34)29(2,3)4)31-27(35)19-33(13-10-14-37-5)28(36)30-21-15-22(38-6)17-23(16-21)39-7/h8-9,11-12,15-18H,10,13-14,19H2,1-7H3,(H,30,36)(H,31,35). The molecule has 0 aliphatic heterocycles. The molecule has 2 aromatic carbocycles. The molecule has 0 aliphatic rings. The quantitative estimate of drug-likeness (QED) is 0.333. The number of anilines is 2. The van der Waals surface area contributed by atoms with Crippen LogP contribution in [0.5, 0.6) is 11.5 Å². The number of carbonyl (C=O) groups excluding carboxylic acids is 2. The van der Waals surface area contributed by atoms with Crippen LogP contribution < -0.4 is 20.1 Å². The molecular weight excluding hydrogens is 498 g/mol. The molecule has 10 heteroatoms. The summed E-state index contributed by atoms with van der Waals surface area (Å²) in [5, 5.41) is 10.6. The van der Waals surface area contributed by atoms with Gasteiger partial charge in [0.1, 0.15) is 23.9 Å². The first-order valence-corrected chi connectivity index (χ1v) is 12.8. The Morgan fingerprint density at radius 1 is 0.974 bits per heavy atom. The first-order valence-electron chi connectivity index (χ1n) is 12.8. The number of para-hydroxylation sites is 1. The number of nitrogens with zero attached hydrogens (tertiary/aromatic N) is 3. The Morgan fingerprint density at radius 3 is 2.23 bits per heavy atom. The van der Waals surface area contributed by atoms with Crippen molar-refractivity contribution < 1.29 is 23.8 Å². The Hall–Kier alpha value is -4.05. The van der Waals surface area contributed by atoms with E-state index >= 15 is 0 Å². The molecule has 210 valence electrons. The monoisotopic (exact) mass is 537 g/mol. The number of nitrogens with one attached hydrogen (secondary N) is 2. The molecule has 0 saturated carbocycles. The molecular formula is C29H39N5O5. The van der Waals surface area contributed by atoms with E-state index in [0.29, 0.717) is 42.6 Å². The van der Waals surface area contributed by atoms with Crippen LogP contribution in [0.3, 0.4) is 0 Å². The van der Waals surface area contributed by atoms with E-state index in [1.807, 2.05) is 37.3 Å². The van der Waals surface area contributed by atoms with Crippen molar-refractivity contribution in [2.75, 3.05) is 51.7 Å². The van der Waals surface area contributed by atoms with Gasteiger partial charge >= 0.3 is 6.03 Å². The predicted octanol–water partition coefficient (Wildman–Crippen LogP) is 5.00. The Labute approximate surface area is 230 Å². The second-order valence-electron chi connectivity index (χ2n) is 10.2. The first kappa shape index (κ1) is 29.5. The molecule has 1 heterocycles. The van der Waals surface area contributed by atoms with Crippen molar-refractivity contribution in [3.05, 3.63) is 59.8 Å². The van der Waals surface area contributed by atoms with E-state index in [0.717, 1.165) is 16.9 Å². The lowest BCUT2D eigenvalue weighted by Gasteiger charge is -2.23. The largest absolute Gasteiger partial charge is 0.497 e. The zero-order valence-electron chi connectivity index (χ0n) is 23.8. The van der Waals surface area contributed by atoms with Gasteiger partial charge in [0.05, 0.1) is 25.6 Å². The van der Waals surface area contributed by atoms with Crippen molar-refractivity contribution in [2.24, 2.45) is 0 Å². The Kier molecular flexibility index (Phi) is 9.95. The Bertz CT molecular complexity index is 1260. The second-order valence-corrected chi connectivity index (χ2v) is 10.2. The number of ether oxygens (including phenoxy) is 3. The third-order valence-electron chi connectivity index (χ3n) is 6.09. The Balaban J connectivity index is 1.83. The van der Waals surface area contributed by atoms with Crippen molar-refractivity contribution in [3.63, 3.8) is 0 Å². The van der Waals surface area contributed by atoms with Crippen molar-refractivity contribution >= 4 is 23.4 Å². The van der Waals surface area contributed by atoms with Crippen molar-refractivity contribution in [3.8, 4) is 17.2 Å². The number of hydrogen-bond donors (Lipinski definition) is 2. The van der Waals surface area contributed by atoms with Gasteiger partial charge in [-0.1, -0.05) is 39.0 Å². The molecule has 0 saturated heterocycles. The predicted molar refractivity (Wildman–Crippen MR) is 152 cm³/mol. The summed E-state index contributed by atoms with van der Waals surface area (Å²) in [6, 6.07) is 14.4. The van der Waals surface area contributed by atoms with Crippen molar-refractivity contribution in [1.29, 1.82) is 0 Å². The first-order chi connectivity index (χ1) is 18.5. The van der Waals surface area contributed by atoms with Crippen molar-refractivity contribution in [1.82, 2.24) is 14.7 Å². The molecule has 0 fully saturated rings. The molecule has 0 atom stereocenters. The summed E-state index contributed by atoms with van der Waals surface area (Å²) >= 11 is 0. The van der Waals surface area contributed by atoms with Gasteiger partial charge in [0.2, 0.25) is 5.91 Å². The summed E-state index contributed by atoms with van der Waals surface area (Å²) in [5.74, 6) is 1.26. The summed E-state index contributed by atoms with van der Waals surface area (Å²) in [6.07, 6.45) is 0.563. The van der Waals surface area contributed by atoms with Crippen LogP contribution in [0.1, 0.15) is 38.4 Å². The van der Waals surface area contributed by atoms with E-state index in [2.05, 4.69) is 31.4 Å². The smallest absolute Gasteiger partial charge is 0.322 e. The van der Waals surface area contributed by atoms with Crippen LogP contribution in [0, 0.1) is 6.92 Å². The summed E-state index contributed by atoms with van der Waals surface area (Å²) in [6.45, 7) is 8.80. The number of rotatable bonds is 11. The van der Waals surface area contributed by atoms with Gasteiger partial charge in [0.25, 0.3) is 0 Å². The number of hydrogen-bond acceptors (Lipinski definition) is 6. The molecule has 39 heavy (non-hydrogen) atoms. The second kappa shape index (κ2) is 13.1. The third-order valence-corrected chi connectivity index (χ3v) is 6.09. The van der Waals surface area contributed by atoms with Crippen LogP contribution in [0.4, 0.5) is 16.3 Å². The van der Waals surface area contributed by atoms with Crippen molar-refractivity contribution in [2.45, 2.75) is 39.5 Å². The molecule has 3 aromatic rings. The van der Waals surface area contributed by atoms with Crippen LogP contribution >= 0.6 is 0 Å². The maximum absolute atomic E-state index is 13.3. The normalized spacial score (nSPS) is 11.2. The molecule has 2 N–H and O–H groups in total. The number of methoxy groups -OCH3 is 3. The molecule has 0 unspecified atom stereocenters. The van der Waals surface area contributed by atoms with E-state index in [1.54, 1.807) is 30.0 Å². The van der Waals surface area contributed by atoms with Gasteiger partial charge < -0.3 is 29.7 Å². The summed E-state index contributed by atoms with van der Waals surface area (Å²) in [4.78, 5) is 28.0. The zero-order chi connectivity index (χ0) is 28.6. The van der Waals surface area contributed by atoms with Crippen LogP contribution in [-0.4, -0.2) is 67.6 Å². The number of benzene rings is 2. The molecule has 0 aliphatic carbocycles. The van der Waals surface area contributed by atoms with Crippen LogP contribution in [0.25, 0.3) is 5.69 Å². The van der Waals surface area contributed by atoms with E-state index in [9.17, 15) is 9.59 Å². The number of urea groups is 1. The number of amides is 3. The number of carbonyl (C=O) groups is 2. The minimum atomic E-state index is -0.431. The summed E-state index contributed by atoms with van der Waals surface area (Å²) < 4.78 is 17.5. The van der Waals surface area contributed by atoms with Gasteiger partial charge in [0, 0.05) is 55.6 Å². The van der Waals surface area contributed by atoms with Crippen LogP contribution in [-0.2, 0) is 14.9 Å². The van der Waals surface area contributed by atoms with E-state index in [1.165, 1.54) is 19.1 Å². The van der Waals surface area contributed by atoms with E-state index < -0.39 is 6.03 Å². The van der Waals surface area contributed by atoms with Gasteiger partial charge in [0.15, 0.2) is 0 Å². The molecule has 3 rings (SSSR count). The topological polar surface area (TPSA) is 107 Å². The molecule has 0 bridgehead atoms. The van der Waals surface area contributed by atoms with Gasteiger partial charge in [-0.2, -0.15) is 5.10 Å². The zero-order valence-corrected chi connectivity index (χ0v) is 23.8. The van der Waals surface area contributed by atoms with E-state index in [4.69, 9.17) is 19.3 Å². The maximum atomic E-state index is 13.3. The summed E-state index contributed by atoms with van der Waals surface area (Å²) in [5.41, 5.74) is 2.98. The van der Waals surface area contributed by atoms with Gasteiger partial charge in [-0.3, -0.25) is 4.79 Å². The number of aryl methyl sites for hydroxylation is 1. The minimum Gasteiger partial charge on any atom is -0.497 e. The van der Waals surface area contributed by atoms with E-state index in [-0.39, 0.29) is 17.9 Å². The molecule has 0 spiro atoms. The highest BCUT2D eigenvalue weighted by Crippen LogP contribution is 2.28. The fraction of sp³-hybridized carbons (Fsp3) is 0.414. The molecule has 3 amide bonds. The molecule has 1 aromatic heterocycles. The lowest BCUT2D eigenvalue weighted by atomic mass is 9.92. The lowest BCUT2D eigenvalue weighted by Crippen LogP contribution is -2.41. The molecule has 10 nitrogen and oxygen atoms in total. The highest BCUT2D eigenvalue weighted by Gasteiger charge is 2.24. The van der Waals surface area contributed by atoms with Crippen LogP contribution in [0.15, 0.2) is 48.5 Å². The average molecular weight is 538 g/mol. The highest BCUT2D eigenvalue weighted by atomic mass is 16.5. The van der Waals surface area contributed by atoms with Gasteiger partial charge in [-0.25, -0.2) is 9.48 Å². The Morgan fingerprint density at radius 2 is 1.64 bits per heavy atom. The third kappa shape index (κ3) is 7.97. The lowest BCUT2D eigenvalue weighted by molar-refractivity contribution is -0.116. The average Bonchev–Trinajstić information content (AvgIpc) is 3.32. The minimum absolute atomic E-state index is 0.166.